The SMILES string of the molecule is Nc1onc(C2CCCO2)c1-c1cccc(C(F)(F)F)c1. The average molecular weight is 298 g/mol. The quantitative estimate of drug-likeness (QED) is 0.916. The standard InChI is InChI=1S/C14H13F3N2O2/c15-14(16,17)9-4-1-3-8(7-9)11-12(19-21-13(11)18)10-5-2-6-20-10/h1,3-4,7,10H,2,5-6,18H2. The van der Waals surface area contributed by atoms with Gasteiger partial charge in [0.1, 0.15) is 11.8 Å². The summed E-state index contributed by atoms with van der Waals surface area (Å²) in [5.74, 6) is -0.000163. The van der Waals surface area contributed by atoms with Gasteiger partial charge in [-0.25, -0.2) is 0 Å². The van der Waals surface area contributed by atoms with Gasteiger partial charge in [0.15, 0.2) is 0 Å². The van der Waals surface area contributed by atoms with Crippen molar-refractivity contribution >= 4 is 5.88 Å². The van der Waals surface area contributed by atoms with Crippen LogP contribution in [0.3, 0.4) is 0 Å². The van der Waals surface area contributed by atoms with Crippen molar-refractivity contribution in [2.24, 2.45) is 0 Å². The molecule has 7 heteroatoms. The molecular formula is C14H13F3N2O2. The summed E-state index contributed by atoms with van der Waals surface area (Å²) in [6.45, 7) is 0.597. The van der Waals surface area contributed by atoms with E-state index in [1.54, 1.807) is 6.07 Å². The predicted octanol–water partition coefficient (Wildman–Crippen LogP) is 3.79. The Kier molecular flexibility index (Phi) is 3.36. The van der Waals surface area contributed by atoms with Crippen LogP contribution in [0.4, 0.5) is 19.1 Å². The zero-order chi connectivity index (χ0) is 15.0. The number of nitrogens with two attached hydrogens (primary N) is 1. The highest BCUT2D eigenvalue weighted by molar-refractivity contribution is 5.76. The number of hydrogen-bond donors (Lipinski definition) is 1. The predicted molar refractivity (Wildman–Crippen MR) is 69.3 cm³/mol. The first-order valence-electron chi connectivity index (χ1n) is 6.51. The molecule has 2 N–H and O–H groups in total. The van der Waals surface area contributed by atoms with Crippen molar-refractivity contribution in [1.29, 1.82) is 0 Å². The van der Waals surface area contributed by atoms with E-state index >= 15 is 0 Å². The number of nitrogens with zero attached hydrogens (tertiary/aromatic N) is 1. The zero-order valence-corrected chi connectivity index (χ0v) is 11.0. The van der Waals surface area contributed by atoms with Crippen LogP contribution >= 0.6 is 0 Å². The van der Waals surface area contributed by atoms with Gasteiger partial charge in [-0.1, -0.05) is 17.3 Å². The molecule has 2 heterocycles. The van der Waals surface area contributed by atoms with Crippen LogP contribution in [0, 0.1) is 0 Å². The summed E-state index contributed by atoms with van der Waals surface area (Å²) in [4.78, 5) is 0. The van der Waals surface area contributed by atoms with Crippen molar-refractivity contribution in [2.45, 2.75) is 25.1 Å². The minimum Gasteiger partial charge on any atom is -0.372 e. The number of alkyl halides is 3. The van der Waals surface area contributed by atoms with Gasteiger partial charge in [-0.3, -0.25) is 0 Å². The number of ether oxygens (including phenoxy) is 1. The third kappa shape index (κ3) is 2.61. The smallest absolute Gasteiger partial charge is 0.372 e. The average Bonchev–Trinajstić information content (AvgIpc) is 3.06. The number of aromatic nitrogens is 1. The molecule has 1 aliphatic rings. The summed E-state index contributed by atoms with van der Waals surface area (Å²) < 4.78 is 48.9. The van der Waals surface area contributed by atoms with E-state index in [4.69, 9.17) is 15.0 Å². The van der Waals surface area contributed by atoms with Gasteiger partial charge in [-0.15, -0.1) is 0 Å². The molecule has 0 radical (unpaired) electrons. The fraction of sp³-hybridized carbons (Fsp3) is 0.357. The van der Waals surface area contributed by atoms with Gasteiger partial charge in [0.25, 0.3) is 0 Å². The van der Waals surface area contributed by atoms with Crippen LogP contribution in [0.5, 0.6) is 0 Å². The van der Waals surface area contributed by atoms with Gasteiger partial charge in [-0.2, -0.15) is 13.2 Å². The number of anilines is 1. The van der Waals surface area contributed by atoms with Gasteiger partial charge in [0, 0.05) is 6.61 Å². The third-order valence-electron chi connectivity index (χ3n) is 3.46. The number of rotatable bonds is 2. The molecule has 0 spiro atoms. The number of benzene rings is 1. The molecule has 4 nitrogen and oxygen atoms in total. The molecule has 1 saturated heterocycles. The lowest BCUT2D eigenvalue weighted by Crippen LogP contribution is -2.05. The van der Waals surface area contributed by atoms with Crippen LogP contribution in [0.1, 0.15) is 30.2 Å². The van der Waals surface area contributed by atoms with Gasteiger partial charge in [-0.05, 0) is 30.5 Å². The van der Waals surface area contributed by atoms with E-state index in [0.717, 1.165) is 25.0 Å². The van der Waals surface area contributed by atoms with E-state index in [1.807, 2.05) is 0 Å². The van der Waals surface area contributed by atoms with E-state index < -0.39 is 11.7 Å². The molecule has 112 valence electrons. The van der Waals surface area contributed by atoms with E-state index in [1.165, 1.54) is 6.07 Å². The van der Waals surface area contributed by atoms with Crippen molar-refractivity contribution in [3.05, 3.63) is 35.5 Å². The Labute approximate surface area is 118 Å². The van der Waals surface area contributed by atoms with Crippen LogP contribution in [0.2, 0.25) is 0 Å². The van der Waals surface area contributed by atoms with Crippen molar-refractivity contribution < 1.29 is 22.4 Å². The lowest BCUT2D eigenvalue weighted by atomic mass is 9.99. The normalized spacial score (nSPS) is 19.1. The second kappa shape index (κ2) is 5.07. The Morgan fingerprint density at radius 1 is 1.29 bits per heavy atom. The van der Waals surface area contributed by atoms with Gasteiger partial charge < -0.3 is 15.0 Å². The van der Waals surface area contributed by atoms with E-state index in [-0.39, 0.29) is 12.0 Å². The summed E-state index contributed by atoms with van der Waals surface area (Å²) in [5.41, 5.74) is 6.17. The van der Waals surface area contributed by atoms with Gasteiger partial charge in [0.2, 0.25) is 5.88 Å². The maximum atomic E-state index is 12.8. The molecule has 1 aromatic heterocycles. The van der Waals surface area contributed by atoms with E-state index in [9.17, 15) is 13.2 Å². The first-order chi connectivity index (χ1) is 9.97. The molecule has 1 aliphatic heterocycles. The Hall–Kier alpha value is -2.02. The molecule has 0 bridgehead atoms. The van der Waals surface area contributed by atoms with Crippen molar-refractivity contribution in [1.82, 2.24) is 5.16 Å². The summed E-state index contributed by atoms with van der Waals surface area (Å²) in [6, 6.07) is 4.95. The fourth-order valence-electron chi connectivity index (χ4n) is 2.47. The first-order valence-corrected chi connectivity index (χ1v) is 6.51. The van der Waals surface area contributed by atoms with Gasteiger partial charge >= 0.3 is 6.18 Å². The molecule has 1 unspecified atom stereocenters. The Balaban J connectivity index is 2.06. The molecule has 3 rings (SSSR count). The largest absolute Gasteiger partial charge is 0.416 e. The first kappa shape index (κ1) is 13.9. The molecule has 21 heavy (non-hydrogen) atoms. The van der Waals surface area contributed by atoms with E-state index in [0.29, 0.717) is 23.4 Å². The molecule has 1 fully saturated rings. The maximum absolute atomic E-state index is 12.8. The highest BCUT2D eigenvalue weighted by Crippen LogP contribution is 2.40. The second-order valence-corrected chi connectivity index (χ2v) is 4.89. The third-order valence-corrected chi connectivity index (χ3v) is 3.46. The Morgan fingerprint density at radius 2 is 2.10 bits per heavy atom. The van der Waals surface area contributed by atoms with Crippen molar-refractivity contribution in [3.63, 3.8) is 0 Å². The molecule has 0 aliphatic carbocycles. The fourth-order valence-corrected chi connectivity index (χ4v) is 2.47. The number of hydrogen-bond acceptors (Lipinski definition) is 4. The Morgan fingerprint density at radius 3 is 2.76 bits per heavy atom. The number of nitrogen functional groups attached to an aromatic ring is 1. The maximum Gasteiger partial charge on any atom is 0.416 e. The van der Waals surface area contributed by atoms with Gasteiger partial charge in [0.05, 0.1) is 11.1 Å². The highest BCUT2D eigenvalue weighted by atomic mass is 19.4. The number of halogens is 3. The van der Waals surface area contributed by atoms with E-state index in [2.05, 4.69) is 5.16 Å². The summed E-state index contributed by atoms with van der Waals surface area (Å²) in [7, 11) is 0. The van der Waals surface area contributed by atoms with Crippen LogP contribution in [0.15, 0.2) is 28.8 Å². The molecular weight excluding hydrogens is 285 g/mol. The summed E-state index contributed by atoms with van der Waals surface area (Å²) in [6.07, 6.45) is -3.07. The summed E-state index contributed by atoms with van der Waals surface area (Å²) >= 11 is 0. The molecule has 0 amide bonds. The van der Waals surface area contributed by atoms with Crippen LogP contribution < -0.4 is 5.73 Å². The lowest BCUT2D eigenvalue weighted by molar-refractivity contribution is -0.137. The second-order valence-electron chi connectivity index (χ2n) is 4.89. The van der Waals surface area contributed by atoms with Crippen molar-refractivity contribution in [3.8, 4) is 11.1 Å². The van der Waals surface area contributed by atoms with Crippen LogP contribution in [-0.2, 0) is 10.9 Å². The molecule has 1 atom stereocenters. The monoisotopic (exact) mass is 298 g/mol. The Bertz CT molecular complexity index is 646. The molecule has 2 aromatic rings. The van der Waals surface area contributed by atoms with Crippen molar-refractivity contribution in [2.75, 3.05) is 12.3 Å². The minimum absolute atomic E-state index is 0.000163. The topological polar surface area (TPSA) is 61.3 Å². The highest BCUT2D eigenvalue weighted by Gasteiger charge is 2.32. The molecule has 0 saturated carbocycles. The lowest BCUT2D eigenvalue weighted by Gasteiger charge is -2.11. The van der Waals surface area contributed by atoms with Crippen LogP contribution in [-0.4, -0.2) is 11.8 Å². The zero-order valence-electron chi connectivity index (χ0n) is 11.0. The van der Waals surface area contributed by atoms with Crippen LogP contribution in [0.25, 0.3) is 11.1 Å². The summed E-state index contributed by atoms with van der Waals surface area (Å²) in [5, 5.41) is 3.86. The minimum atomic E-state index is -4.41. The molecule has 1 aromatic carbocycles.